The number of phenolic OH excluding ortho intramolecular Hbond substituents is 4. The van der Waals surface area contributed by atoms with E-state index in [-0.39, 0.29) is 29.5 Å². The molecular weight excluding hydrogens is 632 g/mol. The number of carbonyl (C=O) groups excluding carboxylic acids is 1. The molecule has 50 heavy (non-hydrogen) atoms. The number of nitrogens with one attached hydrogen (secondary N) is 4. The minimum Gasteiger partial charge on any atom is -0.508 e. The van der Waals surface area contributed by atoms with Crippen LogP contribution in [0.15, 0.2) is 97.1 Å². The van der Waals surface area contributed by atoms with Crippen molar-refractivity contribution in [2.45, 2.75) is 45.2 Å². The van der Waals surface area contributed by atoms with E-state index in [1.54, 1.807) is 48.5 Å². The molecule has 11 nitrogen and oxygen atoms in total. The Morgan fingerprint density at radius 1 is 0.560 bits per heavy atom. The first-order valence-corrected chi connectivity index (χ1v) is 17.0. The van der Waals surface area contributed by atoms with Gasteiger partial charge >= 0.3 is 0 Å². The van der Waals surface area contributed by atoms with Crippen molar-refractivity contribution in [2.75, 3.05) is 45.8 Å². The summed E-state index contributed by atoms with van der Waals surface area (Å²) in [6.07, 6.45) is 1.95. The van der Waals surface area contributed by atoms with Crippen LogP contribution in [0.4, 0.5) is 0 Å². The molecule has 0 aliphatic rings. The molecule has 4 aromatic rings. The van der Waals surface area contributed by atoms with Gasteiger partial charge in [0.15, 0.2) is 0 Å². The molecule has 0 bridgehead atoms. The van der Waals surface area contributed by atoms with Gasteiger partial charge in [0, 0.05) is 64.3 Å². The summed E-state index contributed by atoms with van der Waals surface area (Å²) < 4.78 is 0. The van der Waals surface area contributed by atoms with Gasteiger partial charge in [-0.05, 0) is 86.3 Å². The summed E-state index contributed by atoms with van der Waals surface area (Å²) in [5, 5.41) is 50.4. The third kappa shape index (κ3) is 20.0. The predicted molar refractivity (Wildman–Crippen MR) is 201 cm³/mol. The molecule has 0 spiro atoms. The van der Waals surface area contributed by atoms with Crippen molar-refractivity contribution in [1.82, 2.24) is 21.3 Å². The first-order chi connectivity index (χ1) is 24.0. The van der Waals surface area contributed by atoms with E-state index < -0.39 is 0 Å². The second-order valence-corrected chi connectivity index (χ2v) is 12.1. The Hall–Kier alpha value is -4.65. The van der Waals surface area contributed by atoms with E-state index in [9.17, 15) is 15.0 Å². The van der Waals surface area contributed by atoms with Crippen molar-refractivity contribution in [3.63, 3.8) is 0 Å². The monoisotopic (exact) mass is 688 g/mol. The van der Waals surface area contributed by atoms with E-state index in [0.717, 1.165) is 50.1 Å². The van der Waals surface area contributed by atoms with Crippen molar-refractivity contribution in [3.05, 3.63) is 119 Å². The molecule has 0 fully saturated rings. The first-order valence-electron chi connectivity index (χ1n) is 17.0. The molecule has 4 rings (SSSR count). The predicted octanol–water partition coefficient (Wildman–Crippen LogP) is 3.21. The zero-order valence-corrected chi connectivity index (χ0v) is 29.3. The zero-order valence-electron chi connectivity index (χ0n) is 29.3. The van der Waals surface area contributed by atoms with Crippen molar-refractivity contribution >= 4 is 5.91 Å². The Morgan fingerprint density at radius 2 is 0.920 bits per heavy atom. The number of nitrogens with two attached hydrogens (primary N) is 2. The number of phenols is 4. The zero-order chi connectivity index (χ0) is 36.6. The average Bonchev–Trinajstić information content (AvgIpc) is 3.10. The number of rotatable bonds is 18. The number of hydrogen-bond donors (Lipinski definition) is 10. The maximum Gasteiger partial charge on any atom is 0.218 e. The quantitative estimate of drug-likeness (QED) is 0.0693. The fourth-order valence-corrected chi connectivity index (χ4v) is 4.77. The molecule has 2 unspecified atom stereocenters. The molecule has 0 aliphatic carbocycles. The van der Waals surface area contributed by atoms with Crippen LogP contribution < -0.4 is 32.7 Å². The summed E-state index contributed by atoms with van der Waals surface area (Å²) in [7, 11) is 0. The van der Waals surface area contributed by atoms with Gasteiger partial charge in [0.1, 0.15) is 23.0 Å². The van der Waals surface area contributed by atoms with Crippen LogP contribution in [0.25, 0.3) is 0 Å². The van der Waals surface area contributed by atoms with Crippen LogP contribution in [0.1, 0.15) is 28.7 Å². The molecule has 272 valence electrons. The van der Waals surface area contributed by atoms with Crippen LogP contribution >= 0.6 is 0 Å². The second kappa shape index (κ2) is 24.5. The Labute approximate surface area is 296 Å². The third-order valence-corrected chi connectivity index (χ3v) is 7.55. The van der Waals surface area contributed by atoms with E-state index in [4.69, 9.17) is 21.7 Å². The molecule has 11 heteroatoms. The molecule has 12 N–H and O–H groups in total. The van der Waals surface area contributed by atoms with Gasteiger partial charge in [0.05, 0.1) is 0 Å². The van der Waals surface area contributed by atoms with Gasteiger partial charge in [0.25, 0.3) is 0 Å². The summed E-state index contributed by atoms with van der Waals surface area (Å²) in [5.74, 6) is 0.864. The minimum absolute atomic E-state index is 0.169. The fraction of sp³-hybridized carbons (Fsp3) is 0.359. The smallest absolute Gasteiger partial charge is 0.218 e. The molecule has 0 aliphatic heterocycles. The number of hydrogen-bond acceptors (Lipinski definition) is 10. The van der Waals surface area contributed by atoms with Crippen LogP contribution in [0.5, 0.6) is 23.0 Å². The van der Waals surface area contributed by atoms with Gasteiger partial charge in [-0.15, -0.1) is 0 Å². The van der Waals surface area contributed by atoms with E-state index in [1.165, 1.54) is 11.1 Å². The van der Waals surface area contributed by atoms with E-state index >= 15 is 0 Å². The van der Waals surface area contributed by atoms with E-state index in [0.29, 0.717) is 37.6 Å². The van der Waals surface area contributed by atoms with Gasteiger partial charge in [-0.3, -0.25) is 4.79 Å². The molecular formula is C39H56N6O5. The van der Waals surface area contributed by atoms with Gasteiger partial charge < -0.3 is 53.2 Å². The average molecular weight is 689 g/mol. The lowest BCUT2D eigenvalue weighted by molar-refractivity contribution is -0.117. The lowest BCUT2D eigenvalue weighted by Gasteiger charge is -2.22. The summed E-state index contributed by atoms with van der Waals surface area (Å²) in [5.41, 5.74) is 15.5. The van der Waals surface area contributed by atoms with Crippen LogP contribution in [-0.2, 0) is 17.6 Å². The van der Waals surface area contributed by atoms with Gasteiger partial charge in [-0.1, -0.05) is 59.7 Å². The molecule has 4 aromatic carbocycles. The van der Waals surface area contributed by atoms with Crippen LogP contribution in [0.3, 0.4) is 0 Å². The van der Waals surface area contributed by atoms with Gasteiger partial charge in [-0.25, -0.2) is 0 Å². The standard InChI is InChI=1S/C25H40N6O3.2C7H8O/c26-10-12-30-21(15-19-1-5-23(32)6-2-19)18-29-13-14-31-22(17-28-11-9-25(27)34)16-20-3-7-24(33)8-4-20;2*1-6-2-4-7(8)5-3-6/h1-8,21-22,28-33H,9-18,26H2,(H2,27,34);2*2-5,8H,1H3. The molecule has 1 amide bonds. The van der Waals surface area contributed by atoms with E-state index in [2.05, 4.69) is 21.3 Å². The highest BCUT2D eigenvalue weighted by atomic mass is 16.3. The minimum atomic E-state index is -0.315. The van der Waals surface area contributed by atoms with Crippen molar-refractivity contribution in [3.8, 4) is 23.0 Å². The largest absolute Gasteiger partial charge is 0.508 e. The number of amides is 1. The SMILES string of the molecule is Cc1ccc(O)cc1.Cc1ccc(O)cc1.NCCNC(CNCCNC(CNCCC(N)=O)Cc1ccc(O)cc1)Cc1ccc(O)cc1. The number of carbonyl (C=O) groups is 1. The Bertz CT molecular complexity index is 1370. The normalized spacial score (nSPS) is 11.7. The highest BCUT2D eigenvalue weighted by molar-refractivity contribution is 5.73. The van der Waals surface area contributed by atoms with E-state index in [1.807, 2.05) is 62.4 Å². The van der Waals surface area contributed by atoms with Crippen LogP contribution in [0.2, 0.25) is 0 Å². The second-order valence-electron chi connectivity index (χ2n) is 12.1. The Morgan fingerprint density at radius 3 is 1.28 bits per heavy atom. The molecule has 0 radical (unpaired) electrons. The van der Waals surface area contributed by atoms with Crippen LogP contribution in [-0.4, -0.2) is 84.2 Å². The van der Waals surface area contributed by atoms with Crippen molar-refractivity contribution in [2.24, 2.45) is 11.5 Å². The number of benzene rings is 4. The van der Waals surface area contributed by atoms with Crippen molar-refractivity contribution < 1.29 is 25.2 Å². The van der Waals surface area contributed by atoms with Crippen molar-refractivity contribution in [1.29, 1.82) is 0 Å². The number of aromatic hydroxyl groups is 4. The van der Waals surface area contributed by atoms with Gasteiger partial charge in [-0.2, -0.15) is 0 Å². The Balaban J connectivity index is 0.000000437. The summed E-state index contributed by atoms with van der Waals surface area (Å²) in [6.45, 7) is 8.92. The topological polar surface area (TPSA) is 198 Å². The number of primary amides is 1. The molecule has 0 aromatic heterocycles. The summed E-state index contributed by atoms with van der Waals surface area (Å²) in [6, 6.07) is 29.1. The molecule has 0 saturated carbocycles. The molecule has 2 atom stereocenters. The number of aryl methyl sites for hydroxylation is 2. The summed E-state index contributed by atoms with van der Waals surface area (Å²) >= 11 is 0. The highest BCUT2D eigenvalue weighted by Gasteiger charge is 2.11. The maximum absolute atomic E-state index is 11.0. The lowest BCUT2D eigenvalue weighted by atomic mass is 10.1. The summed E-state index contributed by atoms with van der Waals surface area (Å²) in [4.78, 5) is 11.0. The lowest BCUT2D eigenvalue weighted by Crippen LogP contribution is -2.46. The molecule has 0 heterocycles. The molecule has 0 saturated heterocycles. The first kappa shape index (κ1) is 41.5. The van der Waals surface area contributed by atoms with Gasteiger partial charge in [0.2, 0.25) is 5.91 Å². The fourth-order valence-electron chi connectivity index (χ4n) is 4.77. The highest BCUT2D eigenvalue weighted by Crippen LogP contribution is 2.13. The maximum atomic E-state index is 11.0. The third-order valence-electron chi connectivity index (χ3n) is 7.55. The van der Waals surface area contributed by atoms with Crippen LogP contribution in [0, 0.1) is 13.8 Å². The Kier molecular flexibility index (Phi) is 20.3.